The van der Waals surface area contributed by atoms with Crippen molar-refractivity contribution < 1.29 is 4.74 Å². The summed E-state index contributed by atoms with van der Waals surface area (Å²) in [6, 6.07) is 9.76. The molecule has 0 saturated carbocycles. The Kier molecular flexibility index (Phi) is 5.33. The Bertz CT molecular complexity index is 1340. The van der Waals surface area contributed by atoms with Gasteiger partial charge >= 0.3 is 0 Å². The average Bonchev–Trinajstić information content (AvgIpc) is 3.16. The van der Waals surface area contributed by atoms with Crippen LogP contribution in [-0.2, 0) is 0 Å². The van der Waals surface area contributed by atoms with Crippen molar-refractivity contribution in [1.82, 2.24) is 20.2 Å². The molecule has 9 heteroatoms. The smallest absolute Gasteiger partial charge is 0.146 e. The Hall–Kier alpha value is -3.34. The van der Waals surface area contributed by atoms with Crippen molar-refractivity contribution in [2.75, 3.05) is 18.0 Å². The summed E-state index contributed by atoms with van der Waals surface area (Å²) in [4.78, 5) is 10.6. The first-order valence-electron chi connectivity index (χ1n) is 10.1. The molecule has 1 N–H and O–H groups in total. The van der Waals surface area contributed by atoms with E-state index in [1.54, 1.807) is 18.6 Å². The van der Waals surface area contributed by atoms with Crippen LogP contribution in [0, 0.1) is 11.3 Å². The number of anilines is 1. The lowest BCUT2D eigenvalue weighted by Crippen LogP contribution is -2.38. The number of aromatic nitrogens is 4. The molecule has 0 radical (unpaired) electrons. The maximum absolute atomic E-state index is 9.63. The lowest BCUT2D eigenvalue weighted by Gasteiger charge is -2.32. The first kappa shape index (κ1) is 20.6. The molecule has 0 amide bonds. The number of hydrogen-bond acceptors (Lipinski definition) is 6. The van der Waals surface area contributed by atoms with Crippen molar-refractivity contribution in [3.8, 4) is 23.1 Å². The van der Waals surface area contributed by atoms with Crippen molar-refractivity contribution in [3.63, 3.8) is 0 Å². The van der Waals surface area contributed by atoms with Crippen LogP contribution in [0.4, 0.5) is 5.82 Å². The highest BCUT2D eigenvalue weighted by atomic mass is 35.5. The van der Waals surface area contributed by atoms with E-state index in [9.17, 15) is 5.26 Å². The number of aromatic amines is 1. The van der Waals surface area contributed by atoms with Crippen LogP contribution in [0.1, 0.15) is 30.6 Å². The zero-order valence-corrected chi connectivity index (χ0v) is 18.7. The molecule has 0 aliphatic carbocycles. The van der Waals surface area contributed by atoms with Gasteiger partial charge in [-0.15, -0.1) is 0 Å². The van der Waals surface area contributed by atoms with Gasteiger partial charge in [0.1, 0.15) is 29.4 Å². The van der Waals surface area contributed by atoms with Crippen LogP contribution in [0.3, 0.4) is 0 Å². The third-order valence-electron chi connectivity index (χ3n) is 5.56. The highest BCUT2D eigenvalue weighted by Crippen LogP contribution is 2.35. The van der Waals surface area contributed by atoms with E-state index in [0.29, 0.717) is 32.6 Å². The van der Waals surface area contributed by atoms with E-state index in [4.69, 9.17) is 27.9 Å². The minimum Gasteiger partial charge on any atom is -0.486 e. The Morgan fingerprint density at radius 3 is 2.62 bits per heavy atom. The molecule has 1 aliphatic heterocycles. The standard InChI is InChI=1S/C23H18Cl2N6O/c1-13(21-18(24)11-27-12-19(21)25)32-16-3-4-20-17(8-16)22(30-29-20)15-7-14(9-26)23(28-10-15)31-5-2-6-31/h3-4,7-8,10-13H,2,5-6H2,1H3,(H,29,30). The third-order valence-corrected chi connectivity index (χ3v) is 6.16. The fraction of sp³-hybridized carbons (Fsp3) is 0.217. The first-order chi connectivity index (χ1) is 15.5. The number of ether oxygens (including phenoxy) is 1. The molecule has 1 unspecified atom stereocenters. The maximum Gasteiger partial charge on any atom is 0.146 e. The SMILES string of the molecule is CC(Oc1ccc2[nH]nc(-c3cnc(N4CCC4)c(C#N)c3)c2c1)c1c(Cl)cncc1Cl. The van der Waals surface area contributed by atoms with Gasteiger partial charge in [0, 0.05) is 48.2 Å². The predicted octanol–water partition coefficient (Wildman–Crippen LogP) is 5.55. The van der Waals surface area contributed by atoms with E-state index in [1.807, 2.05) is 31.2 Å². The summed E-state index contributed by atoms with van der Waals surface area (Å²) in [5.41, 5.74) is 3.55. The van der Waals surface area contributed by atoms with Gasteiger partial charge in [-0.1, -0.05) is 23.2 Å². The molecule has 4 aromatic rings. The zero-order chi connectivity index (χ0) is 22.2. The van der Waals surface area contributed by atoms with Crippen molar-refractivity contribution >= 4 is 39.9 Å². The molecular weight excluding hydrogens is 447 g/mol. The highest BCUT2D eigenvalue weighted by molar-refractivity contribution is 6.35. The second-order valence-electron chi connectivity index (χ2n) is 7.60. The average molecular weight is 465 g/mol. The van der Waals surface area contributed by atoms with Gasteiger partial charge in [-0.25, -0.2) is 4.98 Å². The van der Waals surface area contributed by atoms with E-state index in [2.05, 4.69) is 31.1 Å². The molecule has 1 fully saturated rings. The van der Waals surface area contributed by atoms with Gasteiger partial charge in [-0.05, 0) is 37.6 Å². The van der Waals surface area contributed by atoms with Gasteiger partial charge < -0.3 is 9.64 Å². The van der Waals surface area contributed by atoms with Gasteiger partial charge in [0.15, 0.2) is 0 Å². The van der Waals surface area contributed by atoms with E-state index >= 15 is 0 Å². The summed E-state index contributed by atoms with van der Waals surface area (Å²) >= 11 is 12.5. The molecule has 0 spiro atoms. The number of H-pyrrole nitrogens is 1. The molecule has 7 nitrogen and oxygen atoms in total. The Labute approximate surface area is 194 Å². The number of nitrogens with one attached hydrogen (secondary N) is 1. The molecule has 0 bridgehead atoms. The number of benzene rings is 1. The summed E-state index contributed by atoms with van der Waals surface area (Å²) in [7, 11) is 0. The molecule has 1 saturated heterocycles. The van der Waals surface area contributed by atoms with Gasteiger partial charge in [0.05, 0.1) is 21.1 Å². The van der Waals surface area contributed by atoms with E-state index in [-0.39, 0.29) is 6.10 Å². The van der Waals surface area contributed by atoms with Crippen molar-refractivity contribution in [2.24, 2.45) is 0 Å². The maximum atomic E-state index is 9.63. The fourth-order valence-corrected chi connectivity index (χ4v) is 4.48. The summed E-state index contributed by atoms with van der Waals surface area (Å²) < 4.78 is 6.14. The quantitative estimate of drug-likeness (QED) is 0.416. The zero-order valence-electron chi connectivity index (χ0n) is 17.1. The van der Waals surface area contributed by atoms with Crippen molar-refractivity contribution in [1.29, 1.82) is 5.26 Å². The lowest BCUT2D eigenvalue weighted by molar-refractivity contribution is 0.227. The molecule has 1 aliphatic rings. The number of rotatable bonds is 5. The van der Waals surface area contributed by atoms with Gasteiger partial charge in [-0.2, -0.15) is 10.4 Å². The fourth-order valence-electron chi connectivity index (χ4n) is 3.81. The minimum absolute atomic E-state index is 0.381. The third kappa shape index (κ3) is 3.62. The number of nitriles is 1. The van der Waals surface area contributed by atoms with E-state index in [1.165, 1.54) is 0 Å². The number of halogens is 2. The summed E-state index contributed by atoms with van der Waals surface area (Å²) in [5, 5.41) is 18.9. The number of pyridine rings is 2. The predicted molar refractivity (Wildman–Crippen MR) is 124 cm³/mol. The molecular formula is C23H18Cl2N6O. The summed E-state index contributed by atoms with van der Waals surface area (Å²) in [5.74, 6) is 1.37. The molecule has 3 aromatic heterocycles. The van der Waals surface area contributed by atoms with Crippen LogP contribution in [0.25, 0.3) is 22.2 Å². The molecule has 5 rings (SSSR count). The van der Waals surface area contributed by atoms with Crippen molar-refractivity contribution in [3.05, 3.63) is 64.0 Å². The van der Waals surface area contributed by atoms with Gasteiger partial charge in [-0.3, -0.25) is 10.1 Å². The van der Waals surface area contributed by atoms with E-state index in [0.717, 1.165) is 41.8 Å². The summed E-state index contributed by atoms with van der Waals surface area (Å²) in [6.45, 7) is 3.73. The Morgan fingerprint density at radius 1 is 1.16 bits per heavy atom. The van der Waals surface area contributed by atoms with Crippen LogP contribution in [-0.4, -0.2) is 33.3 Å². The largest absolute Gasteiger partial charge is 0.486 e. The first-order valence-corrected chi connectivity index (χ1v) is 10.9. The molecule has 32 heavy (non-hydrogen) atoms. The van der Waals surface area contributed by atoms with Crippen LogP contribution in [0.2, 0.25) is 10.0 Å². The summed E-state index contributed by atoms with van der Waals surface area (Å²) in [6.07, 6.45) is 5.59. The Morgan fingerprint density at radius 2 is 1.94 bits per heavy atom. The monoisotopic (exact) mass is 464 g/mol. The van der Waals surface area contributed by atoms with Gasteiger partial charge in [0.25, 0.3) is 0 Å². The normalized spacial score (nSPS) is 14.1. The number of hydrogen-bond donors (Lipinski definition) is 1. The number of nitrogens with zero attached hydrogens (tertiary/aromatic N) is 5. The van der Waals surface area contributed by atoms with E-state index < -0.39 is 0 Å². The second-order valence-corrected chi connectivity index (χ2v) is 8.42. The topological polar surface area (TPSA) is 90.7 Å². The van der Waals surface area contributed by atoms with Crippen molar-refractivity contribution in [2.45, 2.75) is 19.4 Å². The molecule has 160 valence electrons. The van der Waals surface area contributed by atoms with Gasteiger partial charge in [0.2, 0.25) is 0 Å². The minimum atomic E-state index is -0.381. The Balaban J connectivity index is 1.49. The second kappa shape index (κ2) is 8.30. The highest BCUT2D eigenvalue weighted by Gasteiger charge is 2.21. The van der Waals surface area contributed by atoms with Crippen LogP contribution in [0.5, 0.6) is 5.75 Å². The molecule has 4 heterocycles. The number of fused-ring (bicyclic) bond motifs is 1. The lowest BCUT2D eigenvalue weighted by atomic mass is 10.1. The molecule has 1 aromatic carbocycles. The van der Waals surface area contributed by atoms with Crippen LogP contribution >= 0.6 is 23.2 Å². The van der Waals surface area contributed by atoms with Crippen LogP contribution in [0.15, 0.2) is 42.9 Å². The van der Waals surface area contributed by atoms with Crippen LogP contribution < -0.4 is 9.64 Å². The molecule has 1 atom stereocenters.